The van der Waals surface area contributed by atoms with E-state index in [1.807, 2.05) is 0 Å². The molecule has 120 valence electrons. The van der Waals surface area contributed by atoms with E-state index in [2.05, 4.69) is 15.0 Å². The van der Waals surface area contributed by atoms with Crippen molar-refractivity contribution in [2.24, 2.45) is 5.89 Å². The first-order valence-corrected chi connectivity index (χ1v) is 6.51. The van der Waals surface area contributed by atoms with Crippen LogP contribution in [0.15, 0.2) is 18.6 Å². The molecule has 23 heavy (non-hydrogen) atoms. The number of nitrogens with zero attached hydrogens (tertiary/aromatic N) is 5. The molecule has 0 spiro atoms. The number of carbonyl (C=O) groups is 1. The molecule has 0 radical (unpaired) electrons. The molecule has 1 fully saturated rings. The first kappa shape index (κ1) is 6.48. The molecule has 1 saturated heterocycles. The van der Waals surface area contributed by atoms with Crippen LogP contribution in [-0.4, -0.2) is 51.8 Å². The predicted octanol–water partition coefficient (Wildman–Crippen LogP) is 1.54. The van der Waals surface area contributed by atoms with Crippen molar-refractivity contribution in [1.82, 2.24) is 19.9 Å². The third kappa shape index (κ3) is 2.84. The number of hydrogen-bond donors (Lipinski definition) is 1. The average Bonchev–Trinajstić information content (AvgIpc) is 3.18. The Hall–Kier alpha value is -2.62. The zero-order chi connectivity index (χ0) is 27.0. The molecule has 0 unspecified atom stereocenters. The van der Waals surface area contributed by atoms with Crippen LogP contribution in [0.4, 0.5) is 5.82 Å². The van der Waals surface area contributed by atoms with E-state index < -0.39 is 61.3 Å². The number of piperidine rings is 1. The van der Waals surface area contributed by atoms with Crippen LogP contribution in [0.3, 0.4) is 0 Å². The number of nitriles is 1. The fraction of sp³-hybridized carbons (Fsp3) is 0.500. The van der Waals surface area contributed by atoms with Crippen molar-refractivity contribution in [1.29, 1.82) is 5.26 Å². The summed E-state index contributed by atoms with van der Waals surface area (Å²) in [6.45, 7) is -9.76. The van der Waals surface area contributed by atoms with Gasteiger partial charge in [0.25, 0.3) is 0 Å². The molecule has 1 amide bonds. The normalized spacial score (nSPS) is 39.8. The molecule has 2 atom stereocenters. The Kier molecular flexibility index (Phi) is 1.76. The van der Waals surface area contributed by atoms with Crippen molar-refractivity contribution in [3.63, 3.8) is 0 Å². The molecule has 1 N–H and O–H groups in total. The Bertz CT molecular complexity index is 1200. The van der Waals surface area contributed by atoms with E-state index in [0.717, 1.165) is 19.3 Å². The van der Waals surface area contributed by atoms with Gasteiger partial charge in [0.05, 0.1) is 23.0 Å². The summed E-state index contributed by atoms with van der Waals surface area (Å²) < 4.78 is 98.9. The predicted molar refractivity (Wildman–Crippen MR) is 86.7 cm³/mol. The number of likely N-dealkylation sites (N-methyl/N-ethyl adjacent to an activating group) is 1. The second kappa shape index (κ2) is 6.24. The summed E-state index contributed by atoms with van der Waals surface area (Å²) in [6, 6.07) is -0.145. The van der Waals surface area contributed by atoms with Crippen molar-refractivity contribution in [3.05, 3.63) is 18.6 Å². The third-order valence-corrected chi connectivity index (χ3v) is 3.21. The lowest BCUT2D eigenvalue weighted by Gasteiger charge is -2.42. The summed E-state index contributed by atoms with van der Waals surface area (Å²) >= 11 is 0. The number of anilines is 1. The van der Waals surface area contributed by atoms with Crippen LogP contribution < -0.4 is 4.90 Å². The van der Waals surface area contributed by atoms with E-state index in [9.17, 15) is 4.79 Å². The number of aromatic nitrogens is 3. The zero-order valence-electron chi connectivity index (χ0n) is 24.0. The number of rotatable bonds is 3. The number of likely N-dealkylation sites (tertiary alicyclic amines) is 1. The summed E-state index contributed by atoms with van der Waals surface area (Å²) in [5.74, 6) is -5.45. The second-order valence-corrected chi connectivity index (χ2v) is 4.64. The number of H-pyrrole nitrogens is 1. The maximum atomic E-state index is 12.9. The van der Waals surface area contributed by atoms with Gasteiger partial charge in [-0.25, -0.2) is 9.97 Å². The van der Waals surface area contributed by atoms with Gasteiger partial charge in [-0.3, -0.25) is 4.79 Å². The molecule has 0 saturated carbocycles. The van der Waals surface area contributed by atoms with Gasteiger partial charge in [0.1, 0.15) is 24.2 Å². The molecule has 7 nitrogen and oxygen atoms in total. The van der Waals surface area contributed by atoms with Crippen molar-refractivity contribution in [2.45, 2.75) is 25.7 Å². The van der Waals surface area contributed by atoms with Gasteiger partial charge in [-0.1, -0.05) is 6.92 Å². The number of amides is 1. The number of nitrogens with one attached hydrogen (secondary N) is 1. The first-order valence-electron chi connectivity index (χ1n) is 12.5. The fourth-order valence-electron chi connectivity index (χ4n) is 2.10. The van der Waals surface area contributed by atoms with Gasteiger partial charge >= 0.3 is 0 Å². The Morgan fingerprint density at radius 2 is 2.65 bits per heavy atom. The first-order chi connectivity index (χ1) is 15.7. The highest BCUT2D eigenvalue weighted by atomic mass is 16.2. The Balaban J connectivity index is 2.42. The average molecular weight is 324 g/mol. The van der Waals surface area contributed by atoms with E-state index in [1.54, 1.807) is 0 Å². The largest absolute Gasteiger partial charge is 0.354 e. The van der Waals surface area contributed by atoms with E-state index in [-0.39, 0.29) is 11.0 Å². The SMILES string of the molecule is [2H]C([2H])(C#N)C(=O)N1C([2H])([2H])[C@H](N(c2ncnc3[nH]ccc23)C([2H])([2H])[2H])[C@]([2H])(C)C([2H])([2H])C1([2H])[2H]. The topological polar surface area (TPSA) is 88.9 Å². The highest BCUT2D eigenvalue weighted by Gasteiger charge is 2.32. The molecule has 2 aromatic heterocycles. The van der Waals surface area contributed by atoms with Gasteiger partial charge < -0.3 is 14.8 Å². The van der Waals surface area contributed by atoms with Gasteiger partial charge in [0.2, 0.25) is 5.91 Å². The quantitative estimate of drug-likeness (QED) is 0.925. The Morgan fingerprint density at radius 1 is 1.78 bits per heavy atom. The fourth-order valence-corrected chi connectivity index (χ4v) is 2.10. The smallest absolute Gasteiger partial charge is 0.236 e. The second-order valence-electron chi connectivity index (χ2n) is 4.64. The Morgan fingerprint density at radius 3 is 3.43 bits per heavy atom. The number of carbonyl (C=O) groups excluding carboxylic acids is 1. The summed E-state index contributed by atoms with van der Waals surface area (Å²) in [5, 5.41) is 9.13. The molecule has 1 aliphatic rings. The molecular weight excluding hydrogens is 292 g/mol. The molecule has 1 aliphatic heterocycles. The monoisotopic (exact) mass is 324 g/mol. The van der Waals surface area contributed by atoms with E-state index in [4.69, 9.17) is 21.7 Å². The van der Waals surface area contributed by atoms with Gasteiger partial charge in [0.15, 0.2) is 0 Å². The third-order valence-electron chi connectivity index (χ3n) is 3.21. The summed E-state index contributed by atoms with van der Waals surface area (Å²) in [4.78, 5) is 23.3. The molecule has 2 aromatic rings. The van der Waals surface area contributed by atoms with Crippen molar-refractivity contribution in [3.8, 4) is 6.07 Å². The maximum Gasteiger partial charge on any atom is 0.236 e. The molecule has 0 aliphatic carbocycles. The van der Waals surface area contributed by atoms with Crippen LogP contribution in [-0.2, 0) is 4.79 Å². The molecular formula is C16H20N6O. The highest BCUT2D eigenvalue weighted by molar-refractivity contribution is 5.87. The lowest BCUT2D eigenvalue weighted by atomic mass is 9.92. The van der Waals surface area contributed by atoms with E-state index in [1.165, 1.54) is 12.3 Å². The van der Waals surface area contributed by atoms with E-state index in [0.29, 0.717) is 4.90 Å². The zero-order valence-corrected chi connectivity index (χ0v) is 12.0. The van der Waals surface area contributed by atoms with E-state index >= 15 is 0 Å². The molecule has 0 bridgehead atoms. The van der Waals surface area contributed by atoms with Gasteiger partial charge in [-0.15, -0.1) is 0 Å². The molecule has 0 aromatic carbocycles. The molecule has 3 heterocycles. The van der Waals surface area contributed by atoms with Crippen LogP contribution in [0.1, 0.15) is 36.1 Å². The van der Waals surface area contributed by atoms with Crippen LogP contribution in [0.5, 0.6) is 0 Å². The van der Waals surface area contributed by atoms with Crippen molar-refractivity contribution >= 4 is 22.8 Å². The lowest BCUT2D eigenvalue weighted by molar-refractivity contribution is -0.131. The Labute approximate surface area is 151 Å². The van der Waals surface area contributed by atoms with Crippen LogP contribution >= 0.6 is 0 Å². The van der Waals surface area contributed by atoms with Crippen LogP contribution in [0.2, 0.25) is 0 Å². The van der Waals surface area contributed by atoms with Gasteiger partial charge in [-0.05, 0) is 18.3 Å². The van der Waals surface area contributed by atoms with Crippen LogP contribution in [0, 0.1) is 17.2 Å². The van der Waals surface area contributed by atoms with Gasteiger partial charge in [-0.2, -0.15) is 5.26 Å². The van der Waals surface area contributed by atoms with Crippen molar-refractivity contribution < 1.29 is 21.2 Å². The number of hydrogen-bond acceptors (Lipinski definition) is 5. The summed E-state index contributed by atoms with van der Waals surface area (Å²) in [6.07, 6.45) is -4.65. The minimum atomic E-state index is -3.68. The minimum absolute atomic E-state index is 0.0506. The minimum Gasteiger partial charge on any atom is -0.354 e. The molecule has 7 heteroatoms. The highest BCUT2D eigenvalue weighted by Crippen LogP contribution is 2.28. The van der Waals surface area contributed by atoms with Crippen LogP contribution in [0.25, 0.3) is 11.0 Å². The summed E-state index contributed by atoms with van der Waals surface area (Å²) in [5.41, 5.74) is 0.124. The maximum absolute atomic E-state index is 12.9. The number of fused-ring (bicyclic) bond motifs is 1. The van der Waals surface area contributed by atoms with Crippen molar-refractivity contribution in [2.75, 3.05) is 24.9 Å². The molecule has 3 rings (SSSR count). The van der Waals surface area contributed by atoms with Gasteiger partial charge in [0, 0.05) is 37.1 Å². The number of aromatic amines is 1. The standard InChI is InChI=1S/C16H20N6O/c1-11-5-8-22(14(23)3-6-17)9-13(11)21(2)16-12-4-7-18-15(12)19-10-20-16/h4,7,10-11,13H,3,5,8-9H2,1-2H3,(H,18,19,20)/t11-,13+/m1/s1/i2D3,3D2,5D2,8D2,9D2,11D. The summed E-state index contributed by atoms with van der Waals surface area (Å²) in [7, 11) is 0. The lowest BCUT2D eigenvalue weighted by Crippen LogP contribution is -2.52.